The van der Waals surface area contributed by atoms with Crippen molar-refractivity contribution in [2.75, 3.05) is 12.3 Å². The molecule has 0 aromatic carbocycles. The lowest BCUT2D eigenvalue weighted by Crippen LogP contribution is -2.14. The molecule has 0 saturated heterocycles. The van der Waals surface area contributed by atoms with Crippen LogP contribution in [0.5, 0.6) is 0 Å². The lowest BCUT2D eigenvalue weighted by atomic mass is 10.2. The van der Waals surface area contributed by atoms with Gasteiger partial charge in [-0.15, -0.1) is 5.10 Å². The van der Waals surface area contributed by atoms with Gasteiger partial charge in [0.2, 0.25) is 0 Å². The summed E-state index contributed by atoms with van der Waals surface area (Å²) in [4.78, 5) is 20.5. The average molecular weight is 289 g/mol. The van der Waals surface area contributed by atoms with Crippen LogP contribution in [0.2, 0.25) is 0 Å². The minimum Gasteiger partial charge on any atom is -0.462 e. The summed E-state index contributed by atoms with van der Waals surface area (Å²) in [6.07, 6.45) is 2.93. The number of pyridine rings is 1. The van der Waals surface area contributed by atoms with E-state index in [1.165, 1.54) is 6.20 Å². The lowest BCUT2D eigenvalue weighted by molar-refractivity contribution is 0.0527. The van der Waals surface area contributed by atoms with Gasteiger partial charge in [-0.05, 0) is 13.0 Å². The van der Waals surface area contributed by atoms with Gasteiger partial charge in [0, 0.05) is 19.0 Å². The number of aromatic nitrogens is 4. The zero-order chi connectivity index (χ0) is 15.4. The molecule has 7 nitrogen and oxygen atoms in total. The molecule has 21 heavy (non-hydrogen) atoms. The minimum absolute atomic E-state index is 0.248. The zero-order valence-electron chi connectivity index (χ0n) is 12.5. The predicted octanol–water partition coefficient (Wildman–Crippen LogP) is 1.55. The molecule has 0 amide bonds. The molecule has 2 heterocycles. The first-order valence-electron chi connectivity index (χ1n) is 6.99. The summed E-state index contributed by atoms with van der Waals surface area (Å²) in [5, 5.41) is 4.39. The molecule has 0 atom stereocenters. The normalized spacial score (nSPS) is 10.6. The molecule has 0 saturated carbocycles. The van der Waals surface area contributed by atoms with E-state index in [1.54, 1.807) is 17.7 Å². The molecule has 0 fully saturated rings. The van der Waals surface area contributed by atoms with E-state index in [0.29, 0.717) is 18.8 Å². The third-order valence-corrected chi connectivity index (χ3v) is 3.02. The fraction of sp³-hybridized carbons (Fsp3) is 0.429. The predicted molar refractivity (Wildman–Crippen MR) is 78.3 cm³/mol. The number of aryl methyl sites for hydroxylation is 2. The number of rotatable bonds is 5. The number of hydrogen-bond donors (Lipinski definition) is 1. The van der Waals surface area contributed by atoms with Gasteiger partial charge in [-0.25, -0.2) is 14.8 Å². The summed E-state index contributed by atoms with van der Waals surface area (Å²) in [6.45, 7) is 5.99. The molecular formula is C14H19N5O2. The van der Waals surface area contributed by atoms with Crippen molar-refractivity contribution in [1.29, 1.82) is 0 Å². The largest absolute Gasteiger partial charge is 0.462 e. The maximum absolute atomic E-state index is 11.9. The number of nitrogen functional groups attached to an aromatic ring is 1. The van der Waals surface area contributed by atoms with Crippen LogP contribution in [0.25, 0.3) is 5.82 Å². The van der Waals surface area contributed by atoms with Crippen molar-refractivity contribution >= 4 is 11.7 Å². The van der Waals surface area contributed by atoms with Gasteiger partial charge < -0.3 is 10.5 Å². The molecule has 0 aliphatic carbocycles. The van der Waals surface area contributed by atoms with Crippen LogP contribution < -0.4 is 5.73 Å². The Balaban J connectivity index is 2.52. The van der Waals surface area contributed by atoms with Gasteiger partial charge in [0.25, 0.3) is 0 Å². The first-order valence-corrected chi connectivity index (χ1v) is 6.99. The standard InChI is InChI=1S/C14H19N5O2/c1-4-10-17-11(5-2)19(18-10)13-12(15)9(7-8-16-13)14(20)21-6-3/h7-8H,4-6,15H2,1-3H3. The van der Waals surface area contributed by atoms with E-state index in [-0.39, 0.29) is 11.3 Å². The first-order chi connectivity index (χ1) is 10.1. The maximum atomic E-state index is 11.9. The van der Waals surface area contributed by atoms with Crippen LogP contribution in [0.15, 0.2) is 12.3 Å². The fourth-order valence-corrected chi connectivity index (χ4v) is 1.96. The molecule has 0 spiro atoms. The molecule has 2 N–H and O–H groups in total. The SMILES string of the molecule is CCOC(=O)c1ccnc(-n2nc(CC)nc2CC)c1N. The Kier molecular flexibility index (Phi) is 4.52. The number of ether oxygens (including phenoxy) is 1. The van der Waals surface area contributed by atoms with Crippen molar-refractivity contribution in [2.24, 2.45) is 0 Å². The van der Waals surface area contributed by atoms with Crippen molar-refractivity contribution in [3.05, 3.63) is 29.5 Å². The zero-order valence-corrected chi connectivity index (χ0v) is 12.5. The Morgan fingerprint density at radius 1 is 1.33 bits per heavy atom. The third-order valence-electron chi connectivity index (χ3n) is 3.02. The smallest absolute Gasteiger partial charge is 0.340 e. The quantitative estimate of drug-likeness (QED) is 0.839. The molecular weight excluding hydrogens is 270 g/mol. The monoisotopic (exact) mass is 289 g/mol. The van der Waals surface area contributed by atoms with Gasteiger partial charge in [0.05, 0.1) is 17.9 Å². The van der Waals surface area contributed by atoms with Crippen molar-refractivity contribution in [2.45, 2.75) is 33.6 Å². The second-order valence-corrected chi connectivity index (χ2v) is 4.38. The van der Waals surface area contributed by atoms with Crippen LogP contribution in [0.4, 0.5) is 5.69 Å². The van der Waals surface area contributed by atoms with Gasteiger partial charge in [-0.2, -0.15) is 4.68 Å². The van der Waals surface area contributed by atoms with E-state index in [2.05, 4.69) is 15.1 Å². The van der Waals surface area contributed by atoms with Crippen LogP contribution in [0, 0.1) is 0 Å². The van der Waals surface area contributed by atoms with E-state index in [9.17, 15) is 4.79 Å². The molecule has 0 bridgehead atoms. The fourth-order valence-electron chi connectivity index (χ4n) is 1.96. The first kappa shape index (κ1) is 15.0. The highest BCUT2D eigenvalue weighted by molar-refractivity contribution is 5.96. The lowest BCUT2D eigenvalue weighted by Gasteiger charge is -2.10. The Morgan fingerprint density at radius 3 is 2.71 bits per heavy atom. The number of esters is 1. The van der Waals surface area contributed by atoms with E-state index in [0.717, 1.165) is 18.1 Å². The van der Waals surface area contributed by atoms with Gasteiger partial charge in [-0.1, -0.05) is 13.8 Å². The van der Waals surface area contributed by atoms with Crippen LogP contribution >= 0.6 is 0 Å². The van der Waals surface area contributed by atoms with Crippen LogP contribution in [-0.4, -0.2) is 32.3 Å². The summed E-state index contributed by atoms with van der Waals surface area (Å²) in [7, 11) is 0. The number of hydrogen-bond acceptors (Lipinski definition) is 6. The topological polar surface area (TPSA) is 95.9 Å². The molecule has 2 rings (SSSR count). The number of nitrogens with zero attached hydrogens (tertiary/aromatic N) is 4. The molecule has 112 valence electrons. The summed E-state index contributed by atoms with van der Waals surface area (Å²) < 4.78 is 6.58. The minimum atomic E-state index is -0.465. The van der Waals surface area contributed by atoms with Crippen LogP contribution in [0.1, 0.15) is 42.8 Å². The number of carbonyl (C=O) groups excluding carboxylic acids is 1. The van der Waals surface area contributed by atoms with Gasteiger partial charge in [0.1, 0.15) is 5.82 Å². The van der Waals surface area contributed by atoms with Gasteiger partial charge in [-0.3, -0.25) is 0 Å². The van der Waals surface area contributed by atoms with Crippen molar-refractivity contribution in [1.82, 2.24) is 19.7 Å². The second kappa shape index (κ2) is 6.34. The van der Waals surface area contributed by atoms with Crippen molar-refractivity contribution in [3.8, 4) is 5.82 Å². The van der Waals surface area contributed by atoms with E-state index >= 15 is 0 Å². The van der Waals surface area contributed by atoms with Crippen molar-refractivity contribution < 1.29 is 9.53 Å². The molecule has 2 aromatic rings. The highest BCUT2D eigenvalue weighted by Gasteiger charge is 2.18. The number of nitrogens with two attached hydrogens (primary N) is 1. The molecule has 0 radical (unpaired) electrons. The average Bonchev–Trinajstić information content (AvgIpc) is 2.91. The van der Waals surface area contributed by atoms with Gasteiger partial charge >= 0.3 is 5.97 Å². The molecule has 2 aromatic heterocycles. The highest BCUT2D eigenvalue weighted by Crippen LogP contribution is 2.21. The molecule has 0 unspecified atom stereocenters. The number of anilines is 1. The summed E-state index contributed by atoms with van der Waals surface area (Å²) >= 11 is 0. The van der Waals surface area contributed by atoms with Crippen LogP contribution in [-0.2, 0) is 17.6 Å². The van der Waals surface area contributed by atoms with E-state index < -0.39 is 5.97 Å². The van der Waals surface area contributed by atoms with Crippen LogP contribution in [0.3, 0.4) is 0 Å². The van der Waals surface area contributed by atoms with E-state index in [4.69, 9.17) is 10.5 Å². The Hall–Kier alpha value is -2.44. The molecule has 0 aliphatic rings. The second-order valence-electron chi connectivity index (χ2n) is 4.38. The maximum Gasteiger partial charge on any atom is 0.340 e. The summed E-state index contributed by atoms with van der Waals surface area (Å²) in [5.41, 5.74) is 6.61. The summed E-state index contributed by atoms with van der Waals surface area (Å²) in [5.74, 6) is 1.42. The molecule has 7 heteroatoms. The highest BCUT2D eigenvalue weighted by atomic mass is 16.5. The number of carbonyl (C=O) groups is 1. The molecule has 0 aliphatic heterocycles. The Bertz CT molecular complexity index is 651. The van der Waals surface area contributed by atoms with Crippen molar-refractivity contribution in [3.63, 3.8) is 0 Å². The summed E-state index contributed by atoms with van der Waals surface area (Å²) in [6, 6.07) is 1.54. The third kappa shape index (κ3) is 2.86. The Morgan fingerprint density at radius 2 is 2.10 bits per heavy atom. The Labute approximate surface area is 123 Å². The van der Waals surface area contributed by atoms with Gasteiger partial charge in [0.15, 0.2) is 11.6 Å². The van der Waals surface area contributed by atoms with E-state index in [1.807, 2.05) is 13.8 Å².